The van der Waals surface area contributed by atoms with Gasteiger partial charge in [-0.3, -0.25) is 0 Å². The second-order valence-electron chi connectivity index (χ2n) is 6.36. The summed E-state index contributed by atoms with van der Waals surface area (Å²) in [4.78, 5) is 8.67. The minimum absolute atomic E-state index is 0.0323. The van der Waals surface area contributed by atoms with Crippen LogP contribution in [0.3, 0.4) is 0 Å². The highest BCUT2D eigenvalue weighted by atomic mass is 16.5. The second kappa shape index (κ2) is 7.47. The van der Waals surface area contributed by atoms with E-state index in [2.05, 4.69) is 28.4 Å². The molecule has 21 heavy (non-hydrogen) atoms. The van der Waals surface area contributed by atoms with E-state index in [1.54, 1.807) is 0 Å². The van der Waals surface area contributed by atoms with E-state index in [1.807, 2.05) is 26.8 Å². The van der Waals surface area contributed by atoms with Gasteiger partial charge in [0, 0.05) is 31.9 Å². The maximum Gasteiger partial charge on any atom is 0.190 e. The molecule has 0 saturated carbocycles. The first kappa shape index (κ1) is 17.5. The number of likely N-dealkylation sites (N-methyl/N-ethyl adjacent to an activating group) is 1. The van der Waals surface area contributed by atoms with Crippen LogP contribution < -0.4 is 11.5 Å². The molecule has 0 aromatic heterocycles. The Balaban J connectivity index is 2.72. The van der Waals surface area contributed by atoms with Gasteiger partial charge in [0.15, 0.2) is 5.96 Å². The third kappa shape index (κ3) is 7.15. The number of allylic oxidation sites excluding steroid dienone is 1. The van der Waals surface area contributed by atoms with Gasteiger partial charge < -0.3 is 26.0 Å². The molecule has 0 radical (unpaired) electrons. The molecule has 0 amide bonds. The Morgan fingerprint density at radius 1 is 1.24 bits per heavy atom. The molecule has 1 aliphatic heterocycles. The smallest absolute Gasteiger partial charge is 0.190 e. The first-order valence-electron chi connectivity index (χ1n) is 7.24. The van der Waals surface area contributed by atoms with Crippen molar-refractivity contribution in [3.05, 3.63) is 24.0 Å². The number of ether oxygens (including phenoxy) is 1. The monoisotopic (exact) mass is 295 g/mol. The highest BCUT2D eigenvalue weighted by Crippen LogP contribution is 2.14. The van der Waals surface area contributed by atoms with E-state index in [-0.39, 0.29) is 11.6 Å². The van der Waals surface area contributed by atoms with Crippen LogP contribution in [-0.2, 0) is 4.74 Å². The molecular weight excluding hydrogens is 266 g/mol. The van der Waals surface area contributed by atoms with Crippen molar-refractivity contribution in [3.63, 3.8) is 0 Å². The Kier molecular flexibility index (Phi) is 6.23. The summed E-state index contributed by atoms with van der Waals surface area (Å²) in [6.45, 7) is 14.4. The standard InChI is InChI=1S/C15H29N5O/c1-12(20-8-6-19(5)7-9-20)10-13(18-14(16)17)11-21-15(2,3)4/h10H,1,6-9,11H2,2-5H3,(H4,16,17,18)/b13-10-. The van der Waals surface area contributed by atoms with Crippen LogP contribution in [-0.4, -0.2) is 61.2 Å². The summed E-state index contributed by atoms with van der Waals surface area (Å²) < 4.78 is 5.74. The lowest BCUT2D eigenvalue weighted by molar-refractivity contribution is 0.0107. The van der Waals surface area contributed by atoms with E-state index in [0.717, 1.165) is 31.9 Å². The van der Waals surface area contributed by atoms with Gasteiger partial charge in [0.2, 0.25) is 0 Å². The molecule has 0 atom stereocenters. The minimum atomic E-state index is -0.243. The summed E-state index contributed by atoms with van der Waals surface area (Å²) in [6, 6.07) is 0. The van der Waals surface area contributed by atoms with Gasteiger partial charge in [-0.1, -0.05) is 6.58 Å². The van der Waals surface area contributed by atoms with E-state index in [9.17, 15) is 0 Å². The zero-order valence-electron chi connectivity index (χ0n) is 13.7. The number of nitrogens with two attached hydrogens (primary N) is 2. The molecule has 1 fully saturated rings. The third-order valence-corrected chi connectivity index (χ3v) is 3.17. The van der Waals surface area contributed by atoms with Crippen molar-refractivity contribution in [1.82, 2.24) is 9.80 Å². The summed E-state index contributed by atoms with van der Waals surface area (Å²) in [5, 5.41) is 0. The van der Waals surface area contributed by atoms with Crippen LogP contribution in [0.1, 0.15) is 20.8 Å². The van der Waals surface area contributed by atoms with E-state index < -0.39 is 0 Å². The molecule has 0 unspecified atom stereocenters. The molecule has 6 heteroatoms. The highest BCUT2D eigenvalue weighted by Gasteiger charge is 2.15. The molecule has 0 aromatic carbocycles. The average molecular weight is 295 g/mol. The Labute approximate surface area is 128 Å². The van der Waals surface area contributed by atoms with Gasteiger partial charge in [-0.2, -0.15) is 0 Å². The fourth-order valence-electron chi connectivity index (χ4n) is 1.94. The Bertz CT molecular complexity index is 410. The van der Waals surface area contributed by atoms with Gasteiger partial charge in [0.25, 0.3) is 0 Å². The van der Waals surface area contributed by atoms with Crippen molar-refractivity contribution in [3.8, 4) is 0 Å². The van der Waals surface area contributed by atoms with E-state index >= 15 is 0 Å². The molecule has 0 aliphatic carbocycles. The molecule has 0 aromatic rings. The number of hydrogen-bond acceptors (Lipinski definition) is 4. The minimum Gasteiger partial charge on any atom is -0.370 e. The number of aliphatic imine (C=N–C) groups is 1. The Hall–Kier alpha value is -1.53. The lowest BCUT2D eigenvalue weighted by Gasteiger charge is -2.34. The van der Waals surface area contributed by atoms with Crippen LogP contribution in [0.2, 0.25) is 0 Å². The maximum absolute atomic E-state index is 5.74. The number of nitrogens with zero attached hydrogens (tertiary/aromatic N) is 3. The number of rotatable bonds is 5. The average Bonchev–Trinajstić information content (AvgIpc) is 2.35. The highest BCUT2D eigenvalue weighted by molar-refractivity contribution is 5.76. The Morgan fingerprint density at radius 3 is 2.29 bits per heavy atom. The van der Waals surface area contributed by atoms with Crippen molar-refractivity contribution in [2.75, 3.05) is 39.8 Å². The lowest BCUT2D eigenvalue weighted by Crippen LogP contribution is -2.43. The number of piperazine rings is 1. The molecule has 1 saturated heterocycles. The second-order valence-corrected chi connectivity index (χ2v) is 6.36. The predicted octanol–water partition coefficient (Wildman–Crippen LogP) is 0.720. The van der Waals surface area contributed by atoms with E-state index in [4.69, 9.17) is 16.2 Å². The van der Waals surface area contributed by atoms with Crippen molar-refractivity contribution in [2.24, 2.45) is 16.5 Å². The van der Waals surface area contributed by atoms with Crippen molar-refractivity contribution < 1.29 is 4.74 Å². The molecule has 1 heterocycles. The molecular formula is C15H29N5O. The molecule has 120 valence electrons. The van der Waals surface area contributed by atoms with Crippen molar-refractivity contribution in [2.45, 2.75) is 26.4 Å². The predicted molar refractivity (Wildman–Crippen MR) is 87.8 cm³/mol. The van der Waals surface area contributed by atoms with Gasteiger partial charge in [-0.25, -0.2) is 4.99 Å². The first-order chi connectivity index (χ1) is 9.67. The van der Waals surface area contributed by atoms with Gasteiger partial charge in [-0.15, -0.1) is 0 Å². The SMILES string of the molecule is C=C(/C=C(/COC(C)(C)C)N=C(N)N)N1CCN(C)CC1. The quantitative estimate of drug-likeness (QED) is 0.444. The van der Waals surface area contributed by atoms with Crippen LogP contribution in [0, 0.1) is 0 Å². The molecule has 0 bridgehead atoms. The summed E-state index contributed by atoms with van der Waals surface area (Å²) in [5.74, 6) is 0.0323. The summed E-state index contributed by atoms with van der Waals surface area (Å²) in [5.41, 5.74) is 12.3. The number of hydrogen-bond donors (Lipinski definition) is 2. The molecule has 6 nitrogen and oxygen atoms in total. The normalized spacial score (nSPS) is 17.7. The third-order valence-electron chi connectivity index (χ3n) is 3.17. The molecule has 1 aliphatic rings. The first-order valence-corrected chi connectivity index (χ1v) is 7.24. The van der Waals surface area contributed by atoms with Crippen LogP contribution in [0.5, 0.6) is 0 Å². The summed E-state index contributed by atoms with van der Waals surface area (Å²) >= 11 is 0. The fraction of sp³-hybridized carbons (Fsp3) is 0.667. The molecule has 4 N–H and O–H groups in total. The molecule has 0 spiro atoms. The maximum atomic E-state index is 5.74. The van der Waals surface area contributed by atoms with Crippen molar-refractivity contribution >= 4 is 5.96 Å². The van der Waals surface area contributed by atoms with Crippen LogP contribution >= 0.6 is 0 Å². The van der Waals surface area contributed by atoms with Crippen molar-refractivity contribution in [1.29, 1.82) is 0 Å². The Morgan fingerprint density at radius 2 is 1.81 bits per heavy atom. The molecule has 1 rings (SSSR count). The summed E-state index contributed by atoms with van der Waals surface area (Å²) in [7, 11) is 2.12. The van der Waals surface area contributed by atoms with Gasteiger partial charge in [0.1, 0.15) is 0 Å². The van der Waals surface area contributed by atoms with Crippen LogP contribution in [0.4, 0.5) is 0 Å². The van der Waals surface area contributed by atoms with Gasteiger partial charge >= 0.3 is 0 Å². The van der Waals surface area contributed by atoms with Gasteiger partial charge in [-0.05, 0) is 33.9 Å². The summed E-state index contributed by atoms with van der Waals surface area (Å²) in [6.07, 6.45) is 1.90. The zero-order valence-corrected chi connectivity index (χ0v) is 13.7. The van der Waals surface area contributed by atoms with E-state index in [0.29, 0.717) is 12.3 Å². The fourth-order valence-corrected chi connectivity index (χ4v) is 1.94. The largest absolute Gasteiger partial charge is 0.370 e. The topological polar surface area (TPSA) is 80.1 Å². The lowest BCUT2D eigenvalue weighted by atomic mass is 10.2. The zero-order chi connectivity index (χ0) is 16.0. The van der Waals surface area contributed by atoms with Crippen LogP contribution in [0.25, 0.3) is 0 Å². The van der Waals surface area contributed by atoms with Gasteiger partial charge in [0.05, 0.1) is 17.9 Å². The van der Waals surface area contributed by atoms with Crippen LogP contribution in [0.15, 0.2) is 29.0 Å². The number of guanidine groups is 1. The van der Waals surface area contributed by atoms with E-state index in [1.165, 1.54) is 0 Å².